The van der Waals surface area contributed by atoms with E-state index >= 15 is 0 Å². The highest BCUT2D eigenvalue weighted by molar-refractivity contribution is 5.98. The van der Waals surface area contributed by atoms with E-state index in [0.29, 0.717) is 5.56 Å². The molecule has 0 aliphatic rings. The summed E-state index contributed by atoms with van der Waals surface area (Å²) < 4.78 is 5.15. The third-order valence-corrected chi connectivity index (χ3v) is 2.29. The Morgan fingerprint density at radius 3 is 2.53 bits per heavy atom. The van der Waals surface area contributed by atoms with Crippen LogP contribution in [0.3, 0.4) is 0 Å². The van der Waals surface area contributed by atoms with Crippen molar-refractivity contribution in [3.05, 3.63) is 34.9 Å². The highest BCUT2D eigenvalue weighted by atomic mass is 16.6. The molecule has 1 aromatic carbocycles. The first-order valence-corrected chi connectivity index (χ1v) is 5.87. The van der Waals surface area contributed by atoms with E-state index in [4.69, 9.17) is 10.00 Å². The van der Waals surface area contributed by atoms with Crippen molar-refractivity contribution in [3.8, 4) is 11.8 Å². The molecular weight excluding hydrogens is 242 g/mol. The third-order valence-electron chi connectivity index (χ3n) is 2.29. The second-order valence-electron chi connectivity index (χ2n) is 5.21. The molecular formula is C15H17NO3. The smallest absolute Gasteiger partial charge is 0.349 e. The number of hydrogen-bond acceptors (Lipinski definition) is 4. The summed E-state index contributed by atoms with van der Waals surface area (Å²) in [5.74, 6) is -0.507. The molecule has 0 aromatic heterocycles. The van der Waals surface area contributed by atoms with Crippen molar-refractivity contribution in [2.75, 3.05) is 0 Å². The van der Waals surface area contributed by atoms with E-state index in [1.165, 1.54) is 12.1 Å². The number of aromatic hydroxyl groups is 1. The van der Waals surface area contributed by atoms with Gasteiger partial charge in [0, 0.05) is 0 Å². The number of esters is 1. The van der Waals surface area contributed by atoms with Crippen LogP contribution in [0.2, 0.25) is 0 Å². The molecule has 0 radical (unpaired) electrons. The first kappa shape index (κ1) is 14.8. The minimum absolute atomic E-state index is 0.0660. The number of carbonyl (C=O) groups is 1. The molecule has 0 aliphatic heterocycles. The molecule has 0 unspecified atom stereocenters. The fourth-order valence-electron chi connectivity index (χ4n) is 1.45. The Morgan fingerprint density at radius 2 is 2.05 bits per heavy atom. The van der Waals surface area contributed by atoms with Gasteiger partial charge in [0.2, 0.25) is 0 Å². The summed E-state index contributed by atoms with van der Waals surface area (Å²) in [6.45, 7) is 7.01. The van der Waals surface area contributed by atoms with Crippen LogP contribution in [-0.2, 0) is 9.53 Å². The number of rotatable bonds is 2. The van der Waals surface area contributed by atoms with Crippen LogP contribution in [0.25, 0.3) is 6.08 Å². The molecule has 100 valence electrons. The van der Waals surface area contributed by atoms with Gasteiger partial charge in [0.1, 0.15) is 23.0 Å². The summed E-state index contributed by atoms with van der Waals surface area (Å²) >= 11 is 0. The Bertz CT molecular complexity index is 560. The van der Waals surface area contributed by atoms with E-state index in [1.54, 1.807) is 39.8 Å². The van der Waals surface area contributed by atoms with Crippen LogP contribution in [0.5, 0.6) is 5.75 Å². The highest BCUT2D eigenvalue weighted by Crippen LogP contribution is 2.19. The SMILES string of the molecule is Cc1cc(O)ccc1C=C(C#N)C(=O)OC(C)(C)C. The molecule has 4 heteroatoms. The van der Waals surface area contributed by atoms with Crippen LogP contribution in [0.4, 0.5) is 0 Å². The zero-order chi connectivity index (χ0) is 14.6. The van der Waals surface area contributed by atoms with Crippen molar-refractivity contribution < 1.29 is 14.6 Å². The number of phenolic OH excluding ortho intramolecular Hbond substituents is 1. The molecule has 4 nitrogen and oxygen atoms in total. The minimum atomic E-state index is -0.650. The molecule has 0 saturated heterocycles. The van der Waals surface area contributed by atoms with Crippen LogP contribution < -0.4 is 0 Å². The van der Waals surface area contributed by atoms with Crippen molar-refractivity contribution in [1.29, 1.82) is 5.26 Å². The van der Waals surface area contributed by atoms with Gasteiger partial charge in [-0.15, -0.1) is 0 Å². The average Bonchev–Trinajstić information content (AvgIpc) is 2.25. The number of nitrogens with zero attached hydrogens (tertiary/aromatic N) is 1. The molecule has 0 fully saturated rings. The van der Waals surface area contributed by atoms with E-state index in [-0.39, 0.29) is 11.3 Å². The summed E-state index contributed by atoms with van der Waals surface area (Å²) in [5, 5.41) is 18.3. The number of nitriles is 1. The van der Waals surface area contributed by atoms with E-state index in [1.807, 2.05) is 6.07 Å². The summed E-state index contributed by atoms with van der Waals surface area (Å²) in [4.78, 5) is 11.8. The highest BCUT2D eigenvalue weighted by Gasteiger charge is 2.19. The van der Waals surface area contributed by atoms with Crippen molar-refractivity contribution in [2.24, 2.45) is 0 Å². The maximum atomic E-state index is 11.8. The molecule has 1 rings (SSSR count). The fraction of sp³-hybridized carbons (Fsp3) is 0.333. The second kappa shape index (κ2) is 5.57. The van der Waals surface area contributed by atoms with Crippen LogP contribution in [-0.4, -0.2) is 16.7 Å². The van der Waals surface area contributed by atoms with Crippen molar-refractivity contribution >= 4 is 12.0 Å². The summed E-state index contributed by atoms with van der Waals surface area (Å²) in [5.41, 5.74) is 0.761. The fourth-order valence-corrected chi connectivity index (χ4v) is 1.45. The number of benzene rings is 1. The van der Waals surface area contributed by atoms with Crippen LogP contribution in [0.1, 0.15) is 31.9 Å². The van der Waals surface area contributed by atoms with Gasteiger partial charge >= 0.3 is 5.97 Å². The molecule has 0 atom stereocenters. The van der Waals surface area contributed by atoms with E-state index in [9.17, 15) is 9.90 Å². The Balaban J connectivity index is 3.07. The van der Waals surface area contributed by atoms with E-state index in [0.717, 1.165) is 5.56 Å². The van der Waals surface area contributed by atoms with Crippen LogP contribution in [0, 0.1) is 18.3 Å². The minimum Gasteiger partial charge on any atom is -0.508 e. The first-order valence-electron chi connectivity index (χ1n) is 5.87. The largest absolute Gasteiger partial charge is 0.508 e. The van der Waals surface area contributed by atoms with Crippen molar-refractivity contribution in [1.82, 2.24) is 0 Å². The monoisotopic (exact) mass is 259 g/mol. The quantitative estimate of drug-likeness (QED) is 0.503. The Hall–Kier alpha value is -2.28. The number of ether oxygens (including phenoxy) is 1. The van der Waals surface area contributed by atoms with Gasteiger partial charge in [-0.25, -0.2) is 4.79 Å². The van der Waals surface area contributed by atoms with Gasteiger partial charge in [0.25, 0.3) is 0 Å². The van der Waals surface area contributed by atoms with Gasteiger partial charge in [0.15, 0.2) is 0 Å². The topological polar surface area (TPSA) is 70.3 Å². The lowest BCUT2D eigenvalue weighted by molar-refractivity contribution is -0.149. The number of carbonyl (C=O) groups excluding carboxylic acids is 1. The molecule has 1 N–H and O–H groups in total. The predicted octanol–water partition coefficient (Wildman–Crippen LogP) is 2.95. The Morgan fingerprint density at radius 1 is 1.42 bits per heavy atom. The summed E-state index contributed by atoms with van der Waals surface area (Å²) in [7, 11) is 0. The molecule has 0 saturated carbocycles. The van der Waals surface area contributed by atoms with Crippen LogP contribution >= 0.6 is 0 Å². The molecule has 0 amide bonds. The molecule has 1 aromatic rings. The van der Waals surface area contributed by atoms with Gasteiger partial charge in [-0.3, -0.25) is 0 Å². The summed E-state index contributed by atoms with van der Waals surface area (Å²) in [6, 6.07) is 6.55. The third kappa shape index (κ3) is 4.47. The average molecular weight is 259 g/mol. The van der Waals surface area contributed by atoms with Gasteiger partial charge in [-0.1, -0.05) is 6.07 Å². The molecule has 0 heterocycles. The van der Waals surface area contributed by atoms with Gasteiger partial charge in [0.05, 0.1) is 0 Å². The van der Waals surface area contributed by atoms with Gasteiger partial charge < -0.3 is 9.84 Å². The normalized spacial score (nSPS) is 11.8. The second-order valence-corrected chi connectivity index (χ2v) is 5.21. The predicted molar refractivity (Wildman–Crippen MR) is 72.3 cm³/mol. The van der Waals surface area contributed by atoms with Crippen molar-refractivity contribution in [2.45, 2.75) is 33.3 Å². The lowest BCUT2D eigenvalue weighted by atomic mass is 10.1. The van der Waals surface area contributed by atoms with Gasteiger partial charge in [-0.05, 0) is 57.0 Å². The lowest BCUT2D eigenvalue weighted by Gasteiger charge is -2.19. The number of hydrogen-bond donors (Lipinski definition) is 1. The van der Waals surface area contributed by atoms with Gasteiger partial charge in [-0.2, -0.15) is 5.26 Å². The van der Waals surface area contributed by atoms with Crippen LogP contribution in [0.15, 0.2) is 23.8 Å². The maximum Gasteiger partial charge on any atom is 0.349 e. The zero-order valence-electron chi connectivity index (χ0n) is 11.5. The molecule has 0 bridgehead atoms. The number of phenols is 1. The number of aryl methyl sites for hydroxylation is 1. The zero-order valence-corrected chi connectivity index (χ0v) is 11.5. The summed E-state index contributed by atoms with van der Waals surface area (Å²) in [6.07, 6.45) is 1.46. The molecule has 0 aliphatic carbocycles. The first-order chi connectivity index (χ1) is 8.73. The Labute approximate surface area is 112 Å². The molecule has 0 spiro atoms. The lowest BCUT2D eigenvalue weighted by Crippen LogP contribution is -2.24. The van der Waals surface area contributed by atoms with Crippen molar-refractivity contribution in [3.63, 3.8) is 0 Å². The maximum absolute atomic E-state index is 11.8. The van der Waals surface area contributed by atoms with E-state index < -0.39 is 11.6 Å². The standard InChI is InChI=1S/C15H17NO3/c1-10-7-13(17)6-5-11(10)8-12(9-16)14(18)19-15(2,3)4/h5-8,17H,1-4H3. The molecule has 19 heavy (non-hydrogen) atoms. The Kier molecular flexibility index (Phi) is 4.34. The van der Waals surface area contributed by atoms with E-state index in [2.05, 4.69) is 0 Å².